The molecule has 116 valence electrons. The Labute approximate surface area is 129 Å². The summed E-state index contributed by atoms with van der Waals surface area (Å²) in [5.74, 6) is -0.715. The molecule has 0 radical (unpaired) electrons. The molecule has 1 N–H and O–H groups in total. The Morgan fingerprint density at radius 3 is 2.52 bits per heavy atom. The van der Waals surface area contributed by atoms with Crippen molar-refractivity contribution in [3.8, 4) is 0 Å². The van der Waals surface area contributed by atoms with Crippen LogP contribution >= 0.6 is 11.6 Å². The number of carboxylic acid groups (broad SMARTS) is 1. The van der Waals surface area contributed by atoms with Crippen LogP contribution in [0, 0.1) is 5.41 Å². The van der Waals surface area contributed by atoms with Gasteiger partial charge in [-0.15, -0.1) is 0 Å². The van der Waals surface area contributed by atoms with Gasteiger partial charge in [0.05, 0.1) is 11.2 Å². The van der Waals surface area contributed by atoms with E-state index in [9.17, 15) is 4.79 Å². The van der Waals surface area contributed by atoms with Crippen LogP contribution in [0.5, 0.6) is 0 Å². The Bertz CT molecular complexity index is 536. The van der Waals surface area contributed by atoms with Gasteiger partial charge in [0.25, 0.3) is 0 Å². The van der Waals surface area contributed by atoms with Crippen molar-refractivity contribution < 1.29 is 14.6 Å². The molecule has 0 amide bonds. The third-order valence-corrected chi connectivity index (χ3v) is 4.46. The Morgan fingerprint density at radius 2 is 2.00 bits per heavy atom. The van der Waals surface area contributed by atoms with E-state index in [0.717, 1.165) is 25.7 Å². The molecule has 0 aromatic carbocycles. The minimum Gasteiger partial charge on any atom is -0.476 e. The van der Waals surface area contributed by atoms with Gasteiger partial charge in [-0.1, -0.05) is 25.4 Å². The Kier molecular flexibility index (Phi) is 4.54. The van der Waals surface area contributed by atoms with Crippen molar-refractivity contribution in [2.24, 2.45) is 5.41 Å². The van der Waals surface area contributed by atoms with Crippen molar-refractivity contribution in [1.82, 2.24) is 9.97 Å². The summed E-state index contributed by atoms with van der Waals surface area (Å²) in [5, 5.41) is 9.22. The second-order valence-electron chi connectivity index (χ2n) is 6.29. The SMILES string of the molecule is CCOC1(c2ncc(Cl)c(C(=O)O)n2)CCC(C)(C)CC1. The van der Waals surface area contributed by atoms with E-state index in [0.29, 0.717) is 12.4 Å². The maximum Gasteiger partial charge on any atom is 0.356 e. The van der Waals surface area contributed by atoms with Gasteiger partial charge < -0.3 is 9.84 Å². The van der Waals surface area contributed by atoms with E-state index >= 15 is 0 Å². The lowest BCUT2D eigenvalue weighted by atomic mass is 9.70. The van der Waals surface area contributed by atoms with Crippen molar-refractivity contribution in [1.29, 1.82) is 0 Å². The number of carbonyl (C=O) groups is 1. The molecule has 5 nitrogen and oxygen atoms in total. The van der Waals surface area contributed by atoms with Crippen LogP contribution in [-0.4, -0.2) is 27.7 Å². The molecule has 1 saturated carbocycles. The number of rotatable bonds is 4. The molecule has 6 heteroatoms. The van der Waals surface area contributed by atoms with Crippen molar-refractivity contribution in [3.63, 3.8) is 0 Å². The number of aromatic nitrogens is 2. The summed E-state index contributed by atoms with van der Waals surface area (Å²) >= 11 is 5.85. The second kappa shape index (κ2) is 5.89. The van der Waals surface area contributed by atoms with Crippen molar-refractivity contribution in [3.05, 3.63) is 22.7 Å². The topological polar surface area (TPSA) is 72.3 Å². The molecule has 0 spiro atoms. The highest BCUT2D eigenvalue weighted by Gasteiger charge is 2.43. The first-order chi connectivity index (χ1) is 9.80. The number of hydrogen-bond donors (Lipinski definition) is 1. The van der Waals surface area contributed by atoms with Crippen LogP contribution in [-0.2, 0) is 10.3 Å². The van der Waals surface area contributed by atoms with E-state index in [1.165, 1.54) is 6.20 Å². The molecule has 1 aliphatic carbocycles. The molecule has 0 bridgehead atoms. The highest BCUT2D eigenvalue weighted by Crippen LogP contribution is 2.46. The summed E-state index contributed by atoms with van der Waals surface area (Å²) in [7, 11) is 0. The summed E-state index contributed by atoms with van der Waals surface area (Å²) in [4.78, 5) is 19.6. The predicted molar refractivity (Wildman–Crippen MR) is 79.6 cm³/mol. The maximum atomic E-state index is 11.2. The number of hydrogen-bond acceptors (Lipinski definition) is 4. The van der Waals surface area contributed by atoms with Crippen LogP contribution in [0.1, 0.15) is 62.8 Å². The number of aromatic carboxylic acids is 1. The van der Waals surface area contributed by atoms with Gasteiger partial charge >= 0.3 is 5.97 Å². The first kappa shape index (κ1) is 16.2. The fourth-order valence-corrected chi connectivity index (χ4v) is 2.95. The molecule has 1 heterocycles. The van der Waals surface area contributed by atoms with Gasteiger partial charge in [0, 0.05) is 6.61 Å². The average Bonchev–Trinajstić information content (AvgIpc) is 2.42. The van der Waals surface area contributed by atoms with Crippen LogP contribution in [0.2, 0.25) is 5.02 Å². The highest BCUT2D eigenvalue weighted by molar-refractivity contribution is 6.33. The first-order valence-corrected chi connectivity index (χ1v) is 7.58. The molecule has 0 unspecified atom stereocenters. The molecule has 0 saturated heterocycles. The van der Waals surface area contributed by atoms with Crippen LogP contribution in [0.15, 0.2) is 6.20 Å². The molecule has 1 aromatic rings. The summed E-state index contributed by atoms with van der Waals surface area (Å²) in [6, 6.07) is 0. The van der Waals surface area contributed by atoms with Crippen molar-refractivity contribution >= 4 is 17.6 Å². The minimum atomic E-state index is -1.15. The van der Waals surface area contributed by atoms with Crippen LogP contribution in [0.25, 0.3) is 0 Å². The maximum absolute atomic E-state index is 11.2. The number of nitrogens with zero attached hydrogens (tertiary/aromatic N) is 2. The number of halogens is 1. The zero-order chi connectivity index (χ0) is 15.7. The summed E-state index contributed by atoms with van der Waals surface area (Å²) in [5.41, 5.74) is -0.493. The molecule has 0 atom stereocenters. The second-order valence-corrected chi connectivity index (χ2v) is 6.69. The minimum absolute atomic E-state index is 0.0500. The molecule has 1 aliphatic rings. The summed E-state index contributed by atoms with van der Waals surface area (Å²) in [6.45, 7) is 6.92. The lowest BCUT2D eigenvalue weighted by molar-refractivity contribution is -0.0948. The third-order valence-electron chi connectivity index (χ3n) is 4.19. The fourth-order valence-electron chi connectivity index (χ4n) is 2.78. The van der Waals surface area contributed by atoms with E-state index in [-0.39, 0.29) is 16.1 Å². The van der Waals surface area contributed by atoms with Gasteiger partial charge in [0.2, 0.25) is 0 Å². The molecule has 2 rings (SSSR count). The van der Waals surface area contributed by atoms with E-state index in [2.05, 4.69) is 23.8 Å². The Hall–Kier alpha value is -1.20. The standard InChI is InChI=1S/C15H21ClN2O3/c1-4-21-15(7-5-14(2,3)6-8-15)13-17-9-10(16)11(18-13)12(19)20/h9H,4-8H2,1-3H3,(H,19,20). The normalized spacial score (nSPS) is 20.2. The molecule has 1 aromatic heterocycles. The van der Waals surface area contributed by atoms with Gasteiger partial charge in [-0.3, -0.25) is 0 Å². The first-order valence-electron chi connectivity index (χ1n) is 7.20. The van der Waals surface area contributed by atoms with Gasteiger partial charge in [-0.25, -0.2) is 14.8 Å². The smallest absolute Gasteiger partial charge is 0.356 e. The number of ether oxygens (including phenoxy) is 1. The largest absolute Gasteiger partial charge is 0.476 e. The molecular formula is C15H21ClN2O3. The van der Waals surface area contributed by atoms with Gasteiger partial charge in [-0.2, -0.15) is 0 Å². The summed E-state index contributed by atoms with van der Waals surface area (Å²) in [6.07, 6.45) is 4.90. The average molecular weight is 313 g/mol. The lowest BCUT2D eigenvalue weighted by Gasteiger charge is -2.42. The fraction of sp³-hybridized carbons (Fsp3) is 0.667. The van der Waals surface area contributed by atoms with Gasteiger partial charge in [-0.05, 0) is 38.0 Å². The quantitative estimate of drug-likeness (QED) is 0.918. The predicted octanol–water partition coefficient (Wildman–Crippen LogP) is 3.66. The van der Waals surface area contributed by atoms with E-state index in [1.807, 2.05) is 6.92 Å². The molecule has 0 aliphatic heterocycles. The number of carboxylic acids is 1. The molecule has 1 fully saturated rings. The van der Waals surface area contributed by atoms with Crippen molar-refractivity contribution in [2.75, 3.05) is 6.61 Å². The lowest BCUT2D eigenvalue weighted by Crippen LogP contribution is -2.39. The third kappa shape index (κ3) is 3.35. The van der Waals surface area contributed by atoms with Gasteiger partial charge in [0.1, 0.15) is 5.60 Å². The molecular weight excluding hydrogens is 292 g/mol. The van der Waals surface area contributed by atoms with Crippen LogP contribution in [0.3, 0.4) is 0 Å². The van der Waals surface area contributed by atoms with Crippen molar-refractivity contribution in [2.45, 2.75) is 52.1 Å². The zero-order valence-electron chi connectivity index (χ0n) is 12.6. The van der Waals surface area contributed by atoms with E-state index in [1.54, 1.807) is 0 Å². The highest BCUT2D eigenvalue weighted by atomic mass is 35.5. The Balaban J connectivity index is 2.39. The van der Waals surface area contributed by atoms with E-state index < -0.39 is 11.6 Å². The van der Waals surface area contributed by atoms with E-state index in [4.69, 9.17) is 21.4 Å². The summed E-state index contributed by atoms with van der Waals surface area (Å²) < 4.78 is 5.96. The molecule has 21 heavy (non-hydrogen) atoms. The van der Waals surface area contributed by atoms with Gasteiger partial charge in [0.15, 0.2) is 11.5 Å². The van der Waals surface area contributed by atoms with Crippen LogP contribution < -0.4 is 0 Å². The zero-order valence-corrected chi connectivity index (χ0v) is 13.4. The Morgan fingerprint density at radius 1 is 1.38 bits per heavy atom. The monoisotopic (exact) mass is 312 g/mol. The van der Waals surface area contributed by atoms with Crippen LogP contribution in [0.4, 0.5) is 0 Å².